The van der Waals surface area contributed by atoms with Crippen LogP contribution in [0, 0.1) is 5.92 Å². The highest BCUT2D eigenvalue weighted by Gasteiger charge is 2.22. The number of hydrogen-bond acceptors (Lipinski definition) is 3. The minimum atomic E-state index is -0.0445. The average Bonchev–Trinajstić information content (AvgIpc) is 2.99. The van der Waals surface area contributed by atoms with Gasteiger partial charge in [0.15, 0.2) is 0 Å². The molecule has 0 spiro atoms. The Bertz CT molecular complexity index is 449. The number of urea groups is 1. The molecular weight excluding hydrogens is 276 g/mol. The molecule has 1 fully saturated rings. The number of amides is 2. The van der Waals surface area contributed by atoms with Crippen LogP contribution in [0.25, 0.3) is 0 Å². The lowest BCUT2D eigenvalue weighted by atomic mass is 10.1. The highest BCUT2D eigenvalue weighted by atomic mass is 16.2. The number of hydrogen-bond donors (Lipinski definition) is 2. The van der Waals surface area contributed by atoms with Crippen molar-refractivity contribution in [2.24, 2.45) is 5.92 Å². The second-order valence-electron chi connectivity index (χ2n) is 6.23. The van der Waals surface area contributed by atoms with Crippen LogP contribution in [0.1, 0.15) is 12.8 Å². The topological polar surface area (TPSA) is 47.6 Å². The fraction of sp³-hybridized carbons (Fsp3) is 0.588. The molecule has 1 aliphatic heterocycles. The van der Waals surface area contributed by atoms with Crippen LogP contribution >= 0.6 is 0 Å². The zero-order valence-corrected chi connectivity index (χ0v) is 13.7. The van der Waals surface area contributed by atoms with Gasteiger partial charge in [-0.15, -0.1) is 0 Å². The lowest BCUT2D eigenvalue weighted by molar-refractivity contribution is 0.238. The van der Waals surface area contributed by atoms with E-state index in [9.17, 15) is 4.79 Å². The Labute approximate surface area is 133 Å². The molecule has 5 heteroatoms. The third-order valence-corrected chi connectivity index (χ3v) is 4.03. The first-order valence-corrected chi connectivity index (χ1v) is 8.11. The monoisotopic (exact) mass is 304 g/mol. The molecule has 5 nitrogen and oxygen atoms in total. The molecule has 1 aromatic rings. The molecular formula is C17H28N4O. The summed E-state index contributed by atoms with van der Waals surface area (Å²) < 4.78 is 0. The van der Waals surface area contributed by atoms with E-state index in [2.05, 4.69) is 44.7 Å². The zero-order chi connectivity index (χ0) is 15.8. The zero-order valence-electron chi connectivity index (χ0n) is 13.7. The molecule has 1 aliphatic rings. The highest BCUT2D eigenvalue weighted by molar-refractivity contribution is 5.73. The standard InChI is InChI=1S/C17H28N4O/c1-20(2)11-6-10-18-17(22)19-13-15-9-12-21(14-15)16-7-4-3-5-8-16/h3-5,7-8,15H,6,9-14H2,1-2H3,(H2,18,19,22)/t15-/m0/s1. The summed E-state index contributed by atoms with van der Waals surface area (Å²) in [6.07, 6.45) is 2.11. The van der Waals surface area contributed by atoms with Crippen LogP contribution in [0.4, 0.5) is 10.5 Å². The van der Waals surface area contributed by atoms with Crippen molar-refractivity contribution in [3.63, 3.8) is 0 Å². The Hall–Kier alpha value is -1.75. The van der Waals surface area contributed by atoms with Crippen molar-refractivity contribution in [1.82, 2.24) is 15.5 Å². The lowest BCUT2D eigenvalue weighted by Gasteiger charge is -2.18. The number of carbonyl (C=O) groups excluding carboxylic acids is 1. The van der Waals surface area contributed by atoms with Crippen molar-refractivity contribution in [1.29, 1.82) is 0 Å². The van der Waals surface area contributed by atoms with Gasteiger partial charge in [0, 0.05) is 31.9 Å². The van der Waals surface area contributed by atoms with Crippen LogP contribution in [0.5, 0.6) is 0 Å². The van der Waals surface area contributed by atoms with E-state index in [-0.39, 0.29) is 6.03 Å². The fourth-order valence-corrected chi connectivity index (χ4v) is 2.77. The maximum absolute atomic E-state index is 11.7. The van der Waals surface area contributed by atoms with Crippen LogP contribution in [0.3, 0.4) is 0 Å². The molecule has 1 atom stereocenters. The number of carbonyl (C=O) groups is 1. The number of anilines is 1. The van der Waals surface area contributed by atoms with E-state index in [1.165, 1.54) is 5.69 Å². The van der Waals surface area contributed by atoms with Gasteiger partial charge in [0.1, 0.15) is 0 Å². The predicted molar refractivity (Wildman–Crippen MR) is 91.3 cm³/mol. The van der Waals surface area contributed by atoms with E-state index < -0.39 is 0 Å². The summed E-state index contributed by atoms with van der Waals surface area (Å²) in [6, 6.07) is 10.4. The SMILES string of the molecule is CN(C)CCCNC(=O)NC[C@@H]1CCN(c2ccccc2)C1. The van der Waals surface area contributed by atoms with Crippen LogP contribution in [-0.2, 0) is 0 Å². The largest absolute Gasteiger partial charge is 0.371 e. The predicted octanol–water partition coefficient (Wildman–Crippen LogP) is 1.76. The summed E-state index contributed by atoms with van der Waals surface area (Å²) >= 11 is 0. The normalized spacial score (nSPS) is 17.8. The molecule has 0 aliphatic carbocycles. The molecule has 2 amide bonds. The first kappa shape index (κ1) is 16.6. The van der Waals surface area contributed by atoms with Crippen LogP contribution in [0.15, 0.2) is 30.3 Å². The second-order valence-corrected chi connectivity index (χ2v) is 6.23. The van der Waals surface area contributed by atoms with E-state index in [0.717, 1.165) is 45.6 Å². The fourth-order valence-electron chi connectivity index (χ4n) is 2.77. The first-order valence-electron chi connectivity index (χ1n) is 8.11. The number of rotatable bonds is 7. The van der Waals surface area contributed by atoms with Crippen molar-refractivity contribution in [3.8, 4) is 0 Å². The summed E-state index contributed by atoms with van der Waals surface area (Å²) in [5.41, 5.74) is 1.28. The van der Waals surface area contributed by atoms with Gasteiger partial charge in [-0.25, -0.2) is 4.79 Å². The minimum absolute atomic E-state index is 0.0445. The minimum Gasteiger partial charge on any atom is -0.371 e. The summed E-state index contributed by atoms with van der Waals surface area (Å²) in [7, 11) is 4.08. The molecule has 1 heterocycles. The van der Waals surface area contributed by atoms with Gasteiger partial charge in [0.25, 0.3) is 0 Å². The number of para-hydroxylation sites is 1. The van der Waals surface area contributed by atoms with E-state index >= 15 is 0 Å². The molecule has 22 heavy (non-hydrogen) atoms. The van der Waals surface area contributed by atoms with Crippen molar-refractivity contribution in [2.45, 2.75) is 12.8 Å². The number of nitrogens with zero attached hydrogens (tertiary/aromatic N) is 2. The van der Waals surface area contributed by atoms with Gasteiger partial charge < -0.3 is 20.4 Å². The Morgan fingerprint density at radius 2 is 2.05 bits per heavy atom. The number of benzene rings is 1. The molecule has 2 rings (SSSR count). The number of nitrogens with one attached hydrogen (secondary N) is 2. The van der Waals surface area contributed by atoms with Gasteiger partial charge in [-0.3, -0.25) is 0 Å². The molecule has 0 unspecified atom stereocenters. The average molecular weight is 304 g/mol. The van der Waals surface area contributed by atoms with Crippen LogP contribution in [-0.4, -0.2) is 57.8 Å². The third kappa shape index (κ3) is 5.56. The quantitative estimate of drug-likeness (QED) is 0.755. The smallest absolute Gasteiger partial charge is 0.314 e. The summed E-state index contributed by atoms with van der Waals surface area (Å²) in [5, 5.41) is 5.91. The maximum atomic E-state index is 11.7. The van der Waals surface area contributed by atoms with Crippen molar-refractivity contribution < 1.29 is 4.79 Å². The Morgan fingerprint density at radius 1 is 1.27 bits per heavy atom. The van der Waals surface area contributed by atoms with Crippen LogP contribution in [0.2, 0.25) is 0 Å². The lowest BCUT2D eigenvalue weighted by Crippen LogP contribution is -2.39. The van der Waals surface area contributed by atoms with Crippen molar-refractivity contribution in [3.05, 3.63) is 30.3 Å². The molecule has 0 bridgehead atoms. The van der Waals surface area contributed by atoms with Gasteiger partial charge in [0.05, 0.1) is 0 Å². The Kier molecular flexibility index (Phi) is 6.52. The summed E-state index contributed by atoms with van der Waals surface area (Å²) in [5.74, 6) is 0.535. The maximum Gasteiger partial charge on any atom is 0.314 e. The van der Waals surface area contributed by atoms with E-state index in [4.69, 9.17) is 0 Å². The van der Waals surface area contributed by atoms with Crippen LogP contribution < -0.4 is 15.5 Å². The van der Waals surface area contributed by atoms with E-state index in [1.54, 1.807) is 0 Å². The van der Waals surface area contributed by atoms with Crippen molar-refractivity contribution >= 4 is 11.7 Å². The van der Waals surface area contributed by atoms with Crippen molar-refractivity contribution in [2.75, 3.05) is 51.7 Å². The van der Waals surface area contributed by atoms with Gasteiger partial charge in [0.2, 0.25) is 0 Å². The molecule has 1 saturated heterocycles. The molecule has 122 valence electrons. The molecule has 1 aromatic carbocycles. The van der Waals surface area contributed by atoms with Gasteiger partial charge in [-0.2, -0.15) is 0 Å². The van der Waals surface area contributed by atoms with Gasteiger partial charge >= 0.3 is 6.03 Å². The third-order valence-electron chi connectivity index (χ3n) is 4.03. The Balaban J connectivity index is 1.61. The molecule has 0 radical (unpaired) electrons. The molecule has 2 N–H and O–H groups in total. The highest BCUT2D eigenvalue weighted by Crippen LogP contribution is 2.22. The molecule has 0 saturated carbocycles. The van der Waals surface area contributed by atoms with E-state index in [0.29, 0.717) is 5.92 Å². The summed E-state index contributed by atoms with van der Waals surface area (Å²) in [4.78, 5) is 16.3. The second kappa shape index (κ2) is 8.63. The van der Waals surface area contributed by atoms with Gasteiger partial charge in [-0.1, -0.05) is 18.2 Å². The first-order chi connectivity index (χ1) is 10.6. The molecule has 0 aromatic heterocycles. The summed E-state index contributed by atoms with van der Waals surface area (Å²) in [6.45, 7) is 4.56. The Morgan fingerprint density at radius 3 is 2.77 bits per heavy atom. The van der Waals surface area contributed by atoms with Gasteiger partial charge in [-0.05, 0) is 51.5 Å². The van der Waals surface area contributed by atoms with E-state index in [1.807, 2.05) is 20.2 Å².